The maximum Gasteiger partial charge on any atom is 0.314 e. The Kier molecular flexibility index (Phi) is 12.7. The van der Waals surface area contributed by atoms with Gasteiger partial charge in [-0.25, -0.2) is 8.42 Å². The molecule has 3 rings (SSSR count). The maximum atomic E-state index is 13.1. The van der Waals surface area contributed by atoms with Crippen molar-refractivity contribution in [3.63, 3.8) is 0 Å². The molecule has 0 amide bonds. The first-order valence-corrected chi connectivity index (χ1v) is 16.3. The summed E-state index contributed by atoms with van der Waals surface area (Å²) >= 11 is 0. The van der Waals surface area contributed by atoms with E-state index in [1.54, 1.807) is 48.5 Å². The molecule has 0 aliphatic heterocycles. The van der Waals surface area contributed by atoms with Gasteiger partial charge in [0, 0.05) is 19.3 Å². The van der Waals surface area contributed by atoms with Crippen LogP contribution in [0.3, 0.4) is 0 Å². The standard InChI is InChI=1S/C31H43N5O6S/c32-27(6-2-4-8-30(35)36)28(37)19-22(5-1-3-7-29(33)34)31(38)42-25-13-11-23(12-14-25)41-24-15-17-26(18-16-24)43(39,40)20-21-9-10-21/h11-18,21-22,27H,1-10,19-20,32H2,(H3,33,34)(H3,35,36). The Morgan fingerprint density at radius 2 is 1.33 bits per heavy atom. The van der Waals surface area contributed by atoms with Crippen LogP contribution in [0.1, 0.15) is 70.6 Å². The summed E-state index contributed by atoms with van der Waals surface area (Å²) in [5, 5.41) is 14.7. The number of amidine groups is 2. The number of Topliss-reactive ketones (excluding diaryl/α,β-unsaturated/α-hetero) is 1. The van der Waals surface area contributed by atoms with Gasteiger partial charge < -0.3 is 26.7 Å². The topological polar surface area (TPSA) is 212 Å². The molecule has 11 nitrogen and oxygen atoms in total. The summed E-state index contributed by atoms with van der Waals surface area (Å²) in [6.45, 7) is 0. The van der Waals surface area contributed by atoms with Crippen molar-refractivity contribution >= 4 is 33.3 Å². The number of hydrogen-bond acceptors (Lipinski definition) is 9. The van der Waals surface area contributed by atoms with Crippen molar-refractivity contribution in [3.8, 4) is 17.2 Å². The first-order chi connectivity index (χ1) is 20.4. The van der Waals surface area contributed by atoms with Crippen LogP contribution in [0, 0.1) is 22.7 Å². The van der Waals surface area contributed by atoms with E-state index in [-0.39, 0.29) is 46.2 Å². The molecule has 2 unspecified atom stereocenters. The second-order valence-electron chi connectivity index (χ2n) is 11.2. The van der Waals surface area contributed by atoms with Crippen LogP contribution in [0.4, 0.5) is 0 Å². The average molecular weight is 614 g/mol. The number of hydrogen-bond donors (Lipinski definition) is 5. The van der Waals surface area contributed by atoms with Crippen LogP contribution in [-0.2, 0) is 19.4 Å². The summed E-state index contributed by atoms with van der Waals surface area (Å²) < 4.78 is 36.3. The Hall–Kier alpha value is -3.77. The molecule has 1 aliphatic rings. The van der Waals surface area contributed by atoms with E-state index >= 15 is 0 Å². The summed E-state index contributed by atoms with van der Waals surface area (Å²) in [6.07, 6.45) is 6.09. The quantitative estimate of drug-likeness (QED) is 0.0468. The minimum Gasteiger partial charge on any atom is -0.457 e. The van der Waals surface area contributed by atoms with Crippen molar-refractivity contribution < 1.29 is 27.5 Å². The van der Waals surface area contributed by atoms with E-state index in [1.807, 2.05) is 0 Å². The van der Waals surface area contributed by atoms with Gasteiger partial charge in [-0.1, -0.05) is 12.8 Å². The largest absolute Gasteiger partial charge is 0.457 e. The number of rotatable bonds is 20. The van der Waals surface area contributed by atoms with Gasteiger partial charge in [0.2, 0.25) is 0 Å². The van der Waals surface area contributed by atoms with Gasteiger partial charge in [-0.2, -0.15) is 0 Å². The number of unbranched alkanes of at least 4 members (excludes halogenated alkanes) is 2. The summed E-state index contributed by atoms with van der Waals surface area (Å²) in [4.78, 5) is 26.2. The molecular formula is C31H43N5O6S. The number of sulfone groups is 1. The normalized spacial score (nSPS) is 14.4. The molecule has 234 valence electrons. The van der Waals surface area contributed by atoms with Gasteiger partial charge >= 0.3 is 5.97 Å². The molecule has 0 saturated heterocycles. The fourth-order valence-electron chi connectivity index (χ4n) is 4.56. The number of ketones is 1. The van der Waals surface area contributed by atoms with Crippen molar-refractivity contribution in [1.82, 2.24) is 0 Å². The molecule has 43 heavy (non-hydrogen) atoms. The fourth-order valence-corrected chi connectivity index (χ4v) is 6.26. The Morgan fingerprint density at radius 3 is 1.86 bits per heavy atom. The third-order valence-corrected chi connectivity index (χ3v) is 9.17. The average Bonchev–Trinajstić information content (AvgIpc) is 3.77. The third-order valence-electron chi connectivity index (χ3n) is 7.27. The first kappa shape index (κ1) is 33.7. The smallest absolute Gasteiger partial charge is 0.314 e. The summed E-state index contributed by atoms with van der Waals surface area (Å²) in [7, 11) is -3.30. The van der Waals surface area contributed by atoms with Crippen molar-refractivity contribution in [2.24, 2.45) is 29.0 Å². The van der Waals surface area contributed by atoms with Crippen molar-refractivity contribution in [1.29, 1.82) is 10.8 Å². The van der Waals surface area contributed by atoms with Gasteiger partial charge in [0.25, 0.3) is 0 Å². The summed E-state index contributed by atoms with van der Waals surface area (Å²) in [6, 6.07) is 12.0. The number of carbonyl (C=O) groups is 2. The predicted octanol–water partition coefficient (Wildman–Crippen LogP) is 4.46. The number of nitrogens with one attached hydrogen (secondary N) is 2. The van der Waals surface area contributed by atoms with Crippen LogP contribution < -0.4 is 26.7 Å². The van der Waals surface area contributed by atoms with E-state index < -0.39 is 27.8 Å². The summed E-state index contributed by atoms with van der Waals surface area (Å²) in [5.74, 6) is 0.360. The molecule has 0 radical (unpaired) electrons. The molecule has 12 heteroatoms. The van der Waals surface area contributed by atoms with Crippen molar-refractivity contribution in [2.75, 3.05) is 5.75 Å². The van der Waals surface area contributed by atoms with E-state index in [0.29, 0.717) is 62.9 Å². The van der Waals surface area contributed by atoms with Crippen LogP contribution >= 0.6 is 0 Å². The Balaban J connectivity index is 1.56. The van der Waals surface area contributed by atoms with E-state index in [4.69, 9.17) is 37.5 Å². The molecule has 0 aromatic heterocycles. The molecule has 2 atom stereocenters. The SMILES string of the molecule is N=C(N)CCCCC(N)C(=O)CC(CCCCC(=N)N)C(=O)Oc1ccc(Oc2ccc(S(=O)(=O)CC3CC3)cc2)cc1. The van der Waals surface area contributed by atoms with E-state index in [9.17, 15) is 18.0 Å². The Labute approximate surface area is 253 Å². The molecule has 2 aromatic carbocycles. The van der Waals surface area contributed by atoms with Crippen LogP contribution in [0.5, 0.6) is 17.2 Å². The molecule has 1 aliphatic carbocycles. The number of benzene rings is 2. The highest BCUT2D eigenvalue weighted by Gasteiger charge is 2.29. The van der Waals surface area contributed by atoms with E-state index in [0.717, 1.165) is 12.8 Å². The Bertz CT molecular complexity index is 1360. The van der Waals surface area contributed by atoms with Gasteiger partial charge in [0.05, 0.1) is 34.3 Å². The zero-order chi connectivity index (χ0) is 31.4. The highest BCUT2D eigenvalue weighted by molar-refractivity contribution is 7.91. The second-order valence-corrected chi connectivity index (χ2v) is 13.2. The van der Waals surface area contributed by atoms with Crippen molar-refractivity contribution in [2.45, 2.75) is 81.6 Å². The molecule has 0 bridgehead atoms. The zero-order valence-corrected chi connectivity index (χ0v) is 25.2. The minimum absolute atomic E-state index is 0.0552. The van der Waals surface area contributed by atoms with Crippen LogP contribution in [0.15, 0.2) is 53.4 Å². The van der Waals surface area contributed by atoms with Crippen LogP contribution in [0.25, 0.3) is 0 Å². The highest BCUT2D eigenvalue weighted by atomic mass is 32.2. The number of ether oxygens (including phenoxy) is 2. The Morgan fingerprint density at radius 1 is 0.814 bits per heavy atom. The lowest BCUT2D eigenvalue weighted by molar-refractivity contribution is -0.141. The zero-order valence-electron chi connectivity index (χ0n) is 24.4. The first-order valence-electron chi connectivity index (χ1n) is 14.7. The highest BCUT2D eigenvalue weighted by Crippen LogP contribution is 2.33. The van der Waals surface area contributed by atoms with Gasteiger partial charge in [0.1, 0.15) is 23.0 Å². The summed E-state index contributed by atoms with van der Waals surface area (Å²) in [5.41, 5.74) is 16.9. The van der Waals surface area contributed by atoms with Crippen LogP contribution in [-0.4, -0.2) is 43.6 Å². The molecule has 1 saturated carbocycles. The van der Waals surface area contributed by atoms with Gasteiger partial charge in [0.15, 0.2) is 9.84 Å². The minimum atomic E-state index is -3.30. The fraction of sp³-hybridized carbons (Fsp3) is 0.484. The van der Waals surface area contributed by atoms with Gasteiger partial charge in [-0.05, 0) is 93.0 Å². The van der Waals surface area contributed by atoms with Crippen LogP contribution in [0.2, 0.25) is 0 Å². The number of esters is 1. The monoisotopic (exact) mass is 613 g/mol. The number of carbonyl (C=O) groups excluding carboxylic acids is 2. The third kappa shape index (κ3) is 12.2. The lowest BCUT2D eigenvalue weighted by atomic mass is 9.92. The van der Waals surface area contributed by atoms with Gasteiger partial charge in [-0.3, -0.25) is 20.4 Å². The van der Waals surface area contributed by atoms with Crippen molar-refractivity contribution in [3.05, 3.63) is 48.5 Å². The lowest BCUT2D eigenvalue weighted by Gasteiger charge is -2.18. The van der Waals surface area contributed by atoms with E-state index in [2.05, 4.69) is 0 Å². The number of nitrogens with two attached hydrogens (primary N) is 3. The molecule has 8 N–H and O–H groups in total. The molecular weight excluding hydrogens is 570 g/mol. The molecule has 2 aromatic rings. The maximum absolute atomic E-state index is 13.1. The van der Waals surface area contributed by atoms with E-state index in [1.165, 1.54) is 0 Å². The molecule has 0 spiro atoms. The lowest BCUT2D eigenvalue weighted by Crippen LogP contribution is -2.34. The molecule has 1 fully saturated rings. The van der Waals surface area contributed by atoms with Gasteiger partial charge in [-0.15, -0.1) is 0 Å². The molecule has 0 heterocycles. The second kappa shape index (κ2) is 16.2. The predicted molar refractivity (Wildman–Crippen MR) is 165 cm³/mol.